The maximum absolute atomic E-state index is 12.3. The number of hydrogen-bond acceptors (Lipinski definition) is 5. The lowest BCUT2D eigenvalue weighted by Crippen LogP contribution is -2.35. The van der Waals surface area contributed by atoms with Gasteiger partial charge in [-0.05, 0) is 56.2 Å². The Morgan fingerprint density at radius 2 is 1.79 bits per heavy atom. The highest BCUT2D eigenvalue weighted by atomic mass is 32.1. The summed E-state index contributed by atoms with van der Waals surface area (Å²) < 4.78 is 5.13. The summed E-state index contributed by atoms with van der Waals surface area (Å²) in [5, 5.41) is 7.09. The second-order valence-electron chi connectivity index (χ2n) is 6.93. The number of amides is 2. The van der Waals surface area contributed by atoms with Crippen LogP contribution in [0.3, 0.4) is 0 Å². The first-order valence-corrected chi connectivity index (χ1v) is 10.2. The average Bonchev–Trinajstić information content (AvgIpc) is 3.11. The van der Waals surface area contributed by atoms with Gasteiger partial charge in [0, 0.05) is 15.9 Å². The van der Waals surface area contributed by atoms with Crippen molar-refractivity contribution in [2.75, 3.05) is 18.5 Å². The molecular weight excluding hydrogens is 376 g/mol. The molecule has 6 nitrogen and oxygen atoms in total. The van der Waals surface area contributed by atoms with E-state index in [9.17, 15) is 14.4 Å². The van der Waals surface area contributed by atoms with Gasteiger partial charge in [0.25, 0.3) is 5.91 Å². The number of hydrogen-bond donors (Lipinski definition) is 2. The summed E-state index contributed by atoms with van der Waals surface area (Å²) in [7, 11) is 0. The number of fused-ring (bicyclic) bond motifs is 1. The summed E-state index contributed by atoms with van der Waals surface area (Å²) in [6.07, 6.45) is 4.10. The molecule has 148 valence electrons. The van der Waals surface area contributed by atoms with Gasteiger partial charge in [0.15, 0.2) is 6.61 Å². The third-order valence-electron chi connectivity index (χ3n) is 4.81. The number of nitrogens with one attached hydrogen (secondary N) is 2. The van der Waals surface area contributed by atoms with Crippen LogP contribution in [0.1, 0.15) is 44.8 Å². The van der Waals surface area contributed by atoms with E-state index in [0.717, 1.165) is 48.1 Å². The predicted molar refractivity (Wildman–Crippen MR) is 109 cm³/mol. The summed E-state index contributed by atoms with van der Waals surface area (Å²) in [4.78, 5) is 37.5. The van der Waals surface area contributed by atoms with Crippen LogP contribution in [-0.4, -0.2) is 30.9 Å². The number of para-hydroxylation sites is 1. The Morgan fingerprint density at radius 1 is 1.07 bits per heavy atom. The number of ether oxygens (including phenoxy) is 1. The molecule has 0 fully saturated rings. The highest BCUT2D eigenvalue weighted by Crippen LogP contribution is 2.30. The Hall–Kier alpha value is -2.67. The van der Waals surface area contributed by atoms with Gasteiger partial charge in [0.1, 0.15) is 0 Å². The Bertz CT molecular complexity index is 884. The van der Waals surface area contributed by atoms with Gasteiger partial charge in [-0.3, -0.25) is 9.59 Å². The van der Waals surface area contributed by atoms with Gasteiger partial charge in [0.2, 0.25) is 5.91 Å². The van der Waals surface area contributed by atoms with Crippen molar-refractivity contribution in [1.82, 2.24) is 5.32 Å². The molecule has 1 aliphatic rings. The van der Waals surface area contributed by atoms with E-state index < -0.39 is 18.5 Å². The molecule has 0 radical (unpaired) electrons. The highest BCUT2D eigenvalue weighted by molar-refractivity contribution is 7.10. The van der Waals surface area contributed by atoms with Gasteiger partial charge in [-0.1, -0.05) is 18.2 Å². The topological polar surface area (TPSA) is 84.5 Å². The van der Waals surface area contributed by atoms with Gasteiger partial charge in [-0.15, -0.1) is 11.3 Å². The third-order valence-corrected chi connectivity index (χ3v) is 5.90. The van der Waals surface area contributed by atoms with Crippen molar-refractivity contribution in [3.05, 3.63) is 50.7 Å². The van der Waals surface area contributed by atoms with E-state index in [-0.39, 0.29) is 12.5 Å². The van der Waals surface area contributed by atoms with Crippen molar-refractivity contribution < 1.29 is 19.1 Å². The summed E-state index contributed by atoms with van der Waals surface area (Å²) in [6.45, 7) is 3.23. The quantitative estimate of drug-likeness (QED) is 0.730. The summed E-state index contributed by atoms with van der Waals surface area (Å²) >= 11 is 1.58. The monoisotopic (exact) mass is 400 g/mol. The highest BCUT2D eigenvalue weighted by Gasteiger charge is 2.21. The van der Waals surface area contributed by atoms with Gasteiger partial charge >= 0.3 is 5.97 Å². The maximum atomic E-state index is 12.3. The van der Waals surface area contributed by atoms with Crippen molar-refractivity contribution in [3.8, 4) is 0 Å². The number of carbonyl (C=O) groups is 3. The smallest absolute Gasteiger partial charge is 0.339 e. The van der Waals surface area contributed by atoms with Crippen molar-refractivity contribution in [2.45, 2.75) is 39.5 Å². The Labute approximate surface area is 168 Å². The number of esters is 1. The van der Waals surface area contributed by atoms with E-state index >= 15 is 0 Å². The lowest BCUT2D eigenvalue weighted by molar-refractivity contribution is -0.126. The number of thiophene rings is 1. The van der Waals surface area contributed by atoms with Crippen LogP contribution in [0.2, 0.25) is 0 Å². The molecule has 0 saturated heterocycles. The van der Waals surface area contributed by atoms with Crippen LogP contribution in [0.25, 0.3) is 0 Å². The van der Waals surface area contributed by atoms with Gasteiger partial charge in [-0.2, -0.15) is 0 Å². The first-order valence-electron chi connectivity index (χ1n) is 9.35. The van der Waals surface area contributed by atoms with Crippen molar-refractivity contribution in [2.24, 2.45) is 0 Å². The molecule has 2 amide bonds. The first-order chi connectivity index (χ1) is 13.5. The third kappa shape index (κ3) is 4.78. The maximum Gasteiger partial charge on any atom is 0.339 e. The van der Waals surface area contributed by atoms with Gasteiger partial charge < -0.3 is 15.4 Å². The number of carbonyl (C=O) groups excluding carboxylic acids is 3. The molecule has 0 bridgehead atoms. The Balaban J connectivity index is 1.45. The molecular formula is C21H24N2O4S. The minimum Gasteiger partial charge on any atom is -0.452 e. The molecule has 2 aromatic rings. The van der Waals surface area contributed by atoms with Crippen LogP contribution in [0.15, 0.2) is 23.6 Å². The molecule has 3 rings (SSSR count). The largest absolute Gasteiger partial charge is 0.452 e. The molecule has 28 heavy (non-hydrogen) atoms. The molecule has 1 heterocycles. The second-order valence-corrected chi connectivity index (χ2v) is 7.89. The van der Waals surface area contributed by atoms with Gasteiger partial charge in [0.05, 0.1) is 12.1 Å². The van der Waals surface area contributed by atoms with Crippen molar-refractivity contribution in [1.29, 1.82) is 0 Å². The zero-order valence-electron chi connectivity index (χ0n) is 16.1. The van der Waals surface area contributed by atoms with E-state index in [0.29, 0.717) is 5.56 Å². The minimum absolute atomic E-state index is 0.183. The van der Waals surface area contributed by atoms with E-state index in [4.69, 9.17) is 4.74 Å². The predicted octanol–water partition coefficient (Wildman–Crippen LogP) is 3.16. The molecule has 0 saturated carbocycles. The Kier molecular flexibility index (Phi) is 6.46. The first kappa shape index (κ1) is 20.1. The molecule has 1 aromatic heterocycles. The lowest BCUT2D eigenvalue weighted by atomic mass is 9.96. The van der Waals surface area contributed by atoms with Crippen LogP contribution in [0.4, 0.5) is 5.69 Å². The molecule has 0 aliphatic heterocycles. The summed E-state index contributed by atoms with van der Waals surface area (Å²) in [5.41, 5.74) is 4.28. The van der Waals surface area contributed by atoms with Crippen LogP contribution < -0.4 is 10.6 Å². The molecule has 1 aromatic carbocycles. The lowest BCUT2D eigenvalue weighted by Gasteiger charge is -2.13. The number of benzene rings is 1. The summed E-state index contributed by atoms with van der Waals surface area (Å²) in [6, 6.07) is 5.73. The van der Waals surface area contributed by atoms with E-state index in [1.165, 1.54) is 4.88 Å². The average molecular weight is 401 g/mol. The fraction of sp³-hybridized carbons (Fsp3) is 0.381. The molecule has 0 atom stereocenters. The number of aryl methyl sites for hydroxylation is 3. The SMILES string of the molecule is Cc1cccc(C)c1NC(=O)CNC(=O)COC(=O)c1csc2c1CCCC2. The van der Waals surface area contributed by atoms with Crippen molar-refractivity contribution in [3.63, 3.8) is 0 Å². The van der Waals surface area contributed by atoms with Crippen LogP contribution in [-0.2, 0) is 27.2 Å². The van der Waals surface area contributed by atoms with E-state index in [1.54, 1.807) is 11.3 Å². The number of anilines is 1. The number of rotatable bonds is 6. The van der Waals surface area contributed by atoms with Gasteiger partial charge in [-0.25, -0.2) is 4.79 Å². The molecule has 7 heteroatoms. The fourth-order valence-electron chi connectivity index (χ4n) is 3.30. The second kappa shape index (κ2) is 9.01. The molecule has 0 spiro atoms. The van der Waals surface area contributed by atoms with E-state index in [2.05, 4.69) is 10.6 Å². The molecule has 1 aliphatic carbocycles. The fourth-order valence-corrected chi connectivity index (χ4v) is 4.41. The molecule has 0 unspecified atom stereocenters. The zero-order chi connectivity index (χ0) is 20.1. The van der Waals surface area contributed by atoms with Crippen LogP contribution in [0.5, 0.6) is 0 Å². The van der Waals surface area contributed by atoms with Crippen molar-refractivity contribution >= 4 is 34.8 Å². The Morgan fingerprint density at radius 3 is 2.54 bits per heavy atom. The zero-order valence-corrected chi connectivity index (χ0v) is 16.9. The van der Waals surface area contributed by atoms with Crippen LogP contribution >= 0.6 is 11.3 Å². The molecule has 2 N–H and O–H groups in total. The standard InChI is InChI=1S/C21H24N2O4S/c1-13-6-5-7-14(2)20(13)23-18(24)10-22-19(25)11-27-21(26)16-12-28-17-9-4-3-8-15(16)17/h5-7,12H,3-4,8-11H2,1-2H3,(H,22,25)(H,23,24). The minimum atomic E-state index is -0.505. The van der Waals surface area contributed by atoms with E-state index in [1.807, 2.05) is 37.4 Å². The van der Waals surface area contributed by atoms with Crippen LogP contribution in [0, 0.1) is 13.8 Å². The normalized spacial score (nSPS) is 12.8. The summed E-state index contributed by atoms with van der Waals surface area (Å²) in [5.74, 6) is -1.31.